The molecule has 1 aromatic carbocycles. The lowest BCUT2D eigenvalue weighted by molar-refractivity contribution is 0.230. The third-order valence-electron chi connectivity index (χ3n) is 4.01. The molecular weight excluding hydrogens is 302 g/mol. The summed E-state index contributed by atoms with van der Waals surface area (Å²) < 4.78 is 24.3. The summed E-state index contributed by atoms with van der Waals surface area (Å²) in [5, 5.41) is 2.01. The highest BCUT2D eigenvalue weighted by Crippen LogP contribution is 2.56. The van der Waals surface area contributed by atoms with Crippen LogP contribution in [-0.4, -0.2) is 24.5 Å². The first-order chi connectivity index (χ1) is 10.0. The lowest BCUT2D eigenvalue weighted by atomic mass is 10.2. The molecule has 0 amide bonds. The Hall–Kier alpha value is -0.200. The summed E-state index contributed by atoms with van der Waals surface area (Å²) in [4.78, 5) is 0. The van der Waals surface area contributed by atoms with E-state index in [0.29, 0.717) is 24.5 Å². The molecule has 1 aliphatic rings. The van der Waals surface area contributed by atoms with Crippen LogP contribution in [0.3, 0.4) is 0 Å². The first-order valence-corrected chi connectivity index (χ1v) is 10.8. The summed E-state index contributed by atoms with van der Waals surface area (Å²) >= 11 is 0. The average molecular weight is 328 g/mol. The highest BCUT2D eigenvalue weighted by atomic mass is 31.2. The van der Waals surface area contributed by atoms with Crippen LogP contribution in [0.5, 0.6) is 0 Å². The van der Waals surface area contributed by atoms with Crippen molar-refractivity contribution in [2.75, 3.05) is 13.2 Å². The summed E-state index contributed by atoms with van der Waals surface area (Å²) in [6.07, 6.45) is 2.52. The third kappa shape index (κ3) is 3.59. The summed E-state index contributed by atoms with van der Waals surface area (Å²) in [6.45, 7) is 9.15. The first-order valence-electron chi connectivity index (χ1n) is 7.80. The predicted molar refractivity (Wildman–Crippen MR) is 91.6 cm³/mol. The number of hydrogen-bond donors (Lipinski definition) is 0. The van der Waals surface area contributed by atoms with Crippen LogP contribution in [0.1, 0.15) is 40.5 Å². The summed E-state index contributed by atoms with van der Waals surface area (Å²) in [5.74, 6) is 0. The van der Waals surface area contributed by atoms with Crippen molar-refractivity contribution in [2.24, 2.45) is 0 Å². The number of benzene rings is 1. The SMILES string of the molecule is CCOP(=O)(OCC)c1ccccc1P1[C@H](C)CC[C@H]1C. The highest BCUT2D eigenvalue weighted by molar-refractivity contribution is 7.71. The van der Waals surface area contributed by atoms with Crippen molar-refractivity contribution in [3.63, 3.8) is 0 Å². The van der Waals surface area contributed by atoms with Crippen LogP contribution in [0.4, 0.5) is 0 Å². The van der Waals surface area contributed by atoms with Gasteiger partial charge in [0.05, 0.1) is 18.5 Å². The Kier molecular flexibility index (Phi) is 6.03. The van der Waals surface area contributed by atoms with Gasteiger partial charge in [0.1, 0.15) is 0 Å². The third-order valence-corrected chi connectivity index (χ3v) is 9.72. The van der Waals surface area contributed by atoms with E-state index in [1.54, 1.807) is 0 Å². The molecule has 0 spiro atoms. The van der Waals surface area contributed by atoms with E-state index in [2.05, 4.69) is 19.9 Å². The van der Waals surface area contributed by atoms with E-state index in [4.69, 9.17) is 9.05 Å². The Balaban J connectivity index is 2.47. The van der Waals surface area contributed by atoms with Gasteiger partial charge in [0, 0.05) is 0 Å². The van der Waals surface area contributed by atoms with Gasteiger partial charge in [0.2, 0.25) is 0 Å². The maximum Gasteiger partial charge on any atom is 0.361 e. The van der Waals surface area contributed by atoms with Gasteiger partial charge in [-0.25, -0.2) is 0 Å². The normalized spacial score (nSPS) is 23.6. The van der Waals surface area contributed by atoms with Crippen LogP contribution >= 0.6 is 15.5 Å². The van der Waals surface area contributed by atoms with Crippen molar-refractivity contribution >= 4 is 26.1 Å². The molecule has 0 saturated carbocycles. The van der Waals surface area contributed by atoms with Gasteiger partial charge in [-0.15, -0.1) is 0 Å². The molecule has 0 aliphatic carbocycles. The topological polar surface area (TPSA) is 35.5 Å². The average Bonchev–Trinajstić information content (AvgIpc) is 2.79. The van der Waals surface area contributed by atoms with E-state index in [-0.39, 0.29) is 7.92 Å². The quantitative estimate of drug-likeness (QED) is 0.732. The van der Waals surface area contributed by atoms with E-state index in [1.807, 2.05) is 32.0 Å². The molecule has 1 aromatic rings. The van der Waals surface area contributed by atoms with Crippen LogP contribution in [0.25, 0.3) is 0 Å². The maximum absolute atomic E-state index is 13.2. The highest BCUT2D eigenvalue weighted by Gasteiger charge is 2.37. The molecular formula is C16H26O3P2. The zero-order valence-corrected chi connectivity index (χ0v) is 15.2. The van der Waals surface area contributed by atoms with Crippen molar-refractivity contribution in [1.82, 2.24) is 0 Å². The molecule has 5 heteroatoms. The van der Waals surface area contributed by atoms with Gasteiger partial charge in [-0.05, 0) is 49.4 Å². The predicted octanol–water partition coefficient (Wildman–Crippen LogP) is 4.26. The summed E-state index contributed by atoms with van der Waals surface area (Å²) in [6, 6.07) is 8.04. The van der Waals surface area contributed by atoms with Crippen molar-refractivity contribution in [3.8, 4) is 0 Å². The van der Waals surface area contributed by atoms with Gasteiger partial charge in [0.15, 0.2) is 0 Å². The van der Waals surface area contributed by atoms with E-state index in [0.717, 1.165) is 5.30 Å². The van der Waals surface area contributed by atoms with E-state index < -0.39 is 7.60 Å². The molecule has 0 radical (unpaired) electrons. The molecule has 3 nitrogen and oxygen atoms in total. The molecule has 0 unspecified atom stereocenters. The summed E-state index contributed by atoms with van der Waals surface area (Å²) in [5.41, 5.74) is 1.35. The van der Waals surface area contributed by atoms with Crippen LogP contribution < -0.4 is 10.6 Å². The largest absolute Gasteiger partial charge is 0.361 e. The second kappa shape index (κ2) is 7.38. The Morgan fingerprint density at radius 2 is 1.62 bits per heavy atom. The van der Waals surface area contributed by atoms with Gasteiger partial charge < -0.3 is 9.05 Å². The van der Waals surface area contributed by atoms with Crippen molar-refractivity contribution < 1.29 is 13.6 Å². The van der Waals surface area contributed by atoms with Crippen LogP contribution in [0.2, 0.25) is 0 Å². The van der Waals surface area contributed by atoms with Crippen LogP contribution in [-0.2, 0) is 13.6 Å². The van der Waals surface area contributed by atoms with E-state index in [1.165, 1.54) is 18.1 Å². The van der Waals surface area contributed by atoms with E-state index >= 15 is 0 Å². The monoisotopic (exact) mass is 328 g/mol. The van der Waals surface area contributed by atoms with Gasteiger partial charge >= 0.3 is 7.60 Å². The van der Waals surface area contributed by atoms with Crippen molar-refractivity contribution in [1.29, 1.82) is 0 Å². The van der Waals surface area contributed by atoms with Gasteiger partial charge in [-0.1, -0.05) is 40.0 Å². The fraction of sp³-hybridized carbons (Fsp3) is 0.625. The Labute approximate surface area is 129 Å². The van der Waals surface area contributed by atoms with Crippen LogP contribution in [0, 0.1) is 0 Å². The number of hydrogen-bond acceptors (Lipinski definition) is 3. The molecule has 1 saturated heterocycles. The maximum atomic E-state index is 13.2. The Morgan fingerprint density at radius 3 is 2.14 bits per heavy atom. The molecule has 0 aromatic heterocycles. The first kappa shape index (κ1) is 17.2. The van der Waals surface area contributed by atoms with E-state index in [9.17, 15) is 4.57 Å². The second-order valence-corrected chi connectivity index (χ2v) is 10.6. The fourth-order valence-electron chi connectivity index (χ4n) is 3.10. The molecule has 2 atom stereocenters. The Bertz CT molecular complexity index is 498. The minimum atomic E-state index is -3.20. The van der Waals surface area contributed by atoms with Crippen molar-refractivity contribution in [2.45, 2.75) is 51.9 Å². The van der Waals surface area contributed by atoms with Gasteiger partial charge in [0.25, 0.3) is 0 Å². The zero-order chi connectivity index (χ0) is 15.5. The molecule has 0 bridgehead atoms. The number of rotatable bonds is 6. The lowest BCUT2D eigenvalue weighted by Crippen LogP contribution is -2.28. The van der Waals surface area contributed by atoms with Crippen molar-refractivity contribution in [3.05, 3.63) is 24.3 Å². The smallest absolute Gasteiger partial charge is 0.305 e. The molecule has 118 valence electrons. The molecule has 2 rings (SSSR count). The van der Waals surface area contributed by atoms with Gasteiger partial charge in [-0.2, -0.15) is 0 Å². The second-order valence-electron chi connectivity index (χ2n) is 5.50. The molecule has 0 N–H and O–H groups in total. The Morgan fingerprint density at radius 1 is 1.10 bits per heavy atom. The summed E-state index contributed by atoms with van der Waals surface area (Å²) in [7, 11) is -3.50. The molecule has 21 heavy (non-hydrogen) atoms. The fourth-order valence-corrected chi connectivity index (χ4v) is 8.74. The standard InChI is InChI=1S/C16H26O3P2/c1-5-18-21(17,19-6-2)16-10-8-7-9-15(16)20-13(3)11-12-14(20)4/h7-10,13-14H,5-6,11-12H2,1-4H3/t13-,14-/m1/s1. The molecule has 1 aliphatic heterocycles. The molecule has 1 heterocycles. The minimum absolute atomic E-state index is 0.301. The molecule has 1 fully saturated rings. The lowest BCUT2D eigenvalue weighted by Gasteiger charge is -2.27. The van der Waals surface area contributed by atoms with Gasteiger partial charge in [-0.3, -0.25) is 4.57 Å². The van der Waals surface area contributed by atoms with Crippen LogP contribution in [0.15, 0.2) is 24.3 Å². The minimum Gasteiger partial charge on any atom is -0.305 e. The zero-order valence-electron chi connectivity index (χ0n) is 13.4.